The maximum atomic E-state index is 12.5. The number of hydrogen-bond acceptors (Lipinski definition) is 4. The van der Waals surface area contributed by atoms with E-state index in [4.69, 9.17) is 10.00 Å². The van der Waals surface area contributed by atoms with E-state index in [9.17, 15) is 4.79 Å². The SMILES string of the molecule is Cc1nc2c(C#N)c[nH]n2c(=O)c1CCCOc1ccccc1. The second kappa shape index (κ2) is 6.36. The molecule has 0 bridgehead atoms. The third kappa shape index (κ3) is 2.94. The molecule has 1 N–H and O–H groups in total. The number of nitrogens with zero attached hydrogens (tertiary/aromatic N) is 3. The van der Waals surface area contributed by atoms with Crippen LogP contribution in [0.2, 0.25) is 0 Å². The normalized spacial score (nSPS) is 10.6. The average molecular weight is 308 g/mol. The molecular weight excluding hydrogens is 292 g/mol. The van der Waals surface area contributed by atoms with Gasteiger partial charge >= 0.3 is 0 Å². The Morgan fingerprint density at radius 1 is 1.35 bits per heavy atom. The number of fused-ring (bicyclic) bond motifs is 1. The molecule has 23 heavy (non-hydrogen) atoms. The van der Waals surface area contributed by atoms with Crippen molar-refractivity contribution in [2.75, 3.05) is 6.61 Å². The Hall–Kier alpha value is -3.07. The summed E-state index contributed by atoms with van der Waals surface area (Å²) in [5, 5.41) is 11.8. The van der Waals surface area contributed by atoms with Crippen LogP contribution in [0.5, 0.6) is 5.75 Å². The lowest BCUT2D eigenvalue weighted by molar-refractivity contribution is 0.310. The van der Waals surface area contributed by atoms with Crippen molar-refractivity contribution in [2.45, 2.75) is 19.8 Å². The van der Waals surface area contributed by atoms with Crippen LogP contribution in [0.4, 0.5) is 0 Å². The summed E-state index contributed by atoms with van der Waals surface area (Å²) in [5.41, 5.74) is 1.88. The Balaban J connectivity index is 1.73. The van der Waals surface area contributed by atoms with E-state index < -0.39 is 0 Å². The van der Waals surface area contributed by atoms with Crippen molar-refractivity contribution in [1.82, 2.24) is 14.6 Å². The summed E-state index contributed by atoms with van der Waals surface area (Å²) in [4.78, 5) is 16.9. The number of aromatic nitrogens is 3. The number of benzene rings is 1. The van der Waals surface area contributed by atoms with Gasteiger partial charge in [-0.25, -0.2) is 9.50 Å². The van der Waals surface area contributed by atoms with E-state index >= 15 is 0 Å². The molecule has 0 unspecified atom stereocenters. The van der Waals surface area contributed by atoms with E-state index in [1.165, 1.54) is 10.7 Å². The van der Waals surface area contributed by atoms with Gasteiger partial charge in [0, 0.05) is 17.5 Å². The number of ether oxygens (including phenoxy) is 1. The van der Waals surface area contributed by atoms with E-state index in [-0.39, 0.29) is 5.56 Å². The molecule has 0 amide bonds. The molecule has 116 valence electrons. The molecule has 0 aliphatic heterocycles. The van der Waals surface area contributed by atoms with Crippen LogP contribution in [0.25, 0.3) is 5.65 Å². The van der Waals surface area contributed by atoms with Crippen LogP contribution in [0.15, 0.2) is 41.3 Å². The Morgan fingerprint density at radius 2 is 2.13 bits per heavy atom. The molecule has 0 aliphatic carbocycles. The number of rotatable bonds is 5. The molecule has 2 heterocycles. The number of nitrogens with one attached hydrogen (secondary N) is 1. The second-order valence-electron chi connectivity index (χ2n) is 5.20. The van der Waals surface area contributed by atoms with Gasteiger partial charge in [-0.3, -0.25) is 9.89 Å². The Morgan fingerprint density at radius 3 is 2.87 bits per heavy atom. The number of para-hydroxylation sites is 1. The Labute approximate surface area is 133 Å². The fourth-order valence-electron chi connectivity index (χ4n) is 2.48. The first-order chi connectivity index (χ1) is 11.2. The van der Waals surface area contributed by atoms with Gasteiger partial charge in [0.05, 0.1) is 6.61 Å². The number of aryl methyl sites for hydroxylation is 1. The standard InChI is InChI=1S/C17H16N4O2/c1-12-15(8-5-9-23-14-6-3-2-4-7-14)17(22)21-16(20-12)13(10-18)11-19-21/h2-4,6-7,11,19H,5,8-9H2,1H3. The molecule has 6 nitrogen and oxygen atoms in total. The molecule has 0 aliphatic rings. The average Bonchev–Trinajstić information content (AvgIpc) is 2.98. The lowest BCUT2D eigenvalue weighted by atomic mass is 10.1. The molecule has 0 fully saturated rings. The quantitative estimate of drug-likeness (QED) is 0.733. The van der Waals surface area contributed by atoms with Crippen molar-refractivity contribution in [2.24, 2.45) is 0 Å². The minimum absolute atomic E-state index is 0.159. The van der Waals surface area contributed by atoms with Gasteiger partial charge in [0.25, 0.3) is 5.56 Å². The lowest BCUT2D eigenvalue weighted by Gasteiger charge is -2.07. The molecule has 6 heteroatoms. The smallest absolute Gasteiger partial charge is 0.276 e. The first-order valence-electron chi connectivity index (χ1n) is 7.38. The van der Waals surface area contributed by atoms with Crippen molar-refractivity contribution in [3.63, 3.8) is 0 Å². The summed E-state index contributed by atoms with van der Waals surface area (Å²) < 4.78 is 6.95. The molecule has 0 radical (unpaired) electrons. The number of aromatic amines is 1. The van der Waals surface area contributed by atoms with Crippen LogP contribution < -0.4 is 10.3 Å². The van der Waals surface area contributed by atoms with Gasteiger partial charge in [0.1, 0.15) is 17.4 Å². The molecule has 3 aromatic rings. The molecule has 0 saturated carbocycles. The van der Waals surface area contributed by atoms with Crippen LogP contribution in [-0.2, 0) is 6.42 Å². The molecule has 3 rings (SSSR count). The summed E-state index contributed by atoms with van der Waals surface area (Å²) in [6.45, 7) is 2.32. The Bertz CT molecular complexity index is 919. The van der Waals surface area contributed by atoms with Crippen LogP contribution in [0.3, 0.4) is 0 Å². The fraction of sp³-hybridized carbons (Fsp3) is 0.235. The molecule has 0 saturated heterocycles. The minimum Gasteiger partial charge on any atom is -0.494 e. The molecular formula is C17H16N4O2. The molecule has 0 spiro atoms. The second-order valence-corrected chi connectivity index (χ2v) is 5.20. The van der Waals surface area contributed by atoms with E-state index in [0.29, 0.717) is 41.9 Å². The van der Waals surface area contributed by atoms with Crippen molar-refractivity contribution in [3.8, 4) is 11.8 Å². The van der Waals surface area contributed by atoms with Crippen molar-refractivity contribution in [3.05, 3.63) is 63.7 Å². The summed E-state index contributed by atoms with van der Waals surface area (Å²) in [6.07, 6.45) is 2.78. The number of hydrogen-bond donors (Lipinski definition) is 1. The van der Waals surface area contributed by atoms with Gasteiger partial charge in [-0.15, -0.1) is 0 Å². The number of H-pyrrole nitrogens is 1. The highest BCUT2D eigenvalue weighted by molar-refractivity contribution is 5.54. The topological polar surface area (TPSA) is 83.2 Å². The summed E-state index contributed by atoms with van der Waals surface area (Å²) >= 11 is 0. The van der Waals surface area contributed by atoms with Crippen LogP contribution in [-0.4, -0.2) is 21.2 Å². The predicted octanol–water partition coefficient (Wildman–Crippen LogP) is 2.21. The van der Waals surface area contributed by atoms with Crippen LogP contribution >= 0.6 is 0 Å². The highest BCUT2D eigenvalue weighted by atomic mass is 16.5. The van der Waals surface area contributed by atoms with Crippen LogP contribution in [0, 0.1) is 18.3 Å². The van der Waals surface area contributed by atoms with Gasteiger partial charge in [0.2, 0.25) is 0 Å². The lowest BCUT2D eigenvalue weighted by Crippen LogP contribution is -2.22. The maximum Gasteiger partial charge on any atom is 0.276 e. The van der Waals surface area contributed by atoms with Gasteiger partial charge in [-0.2, -0.15) is 5.26 Å². The third-order valence-corrected chi connectivity index (χ3v) is 3.67. The van der Waals surface area contributed by atoms with Crippen LogP contribution in [0.1, 0.15) is 23.2 Å². The van der Waals surface area contributed by atoms with E-state index in [2.05, 4.69) is 10.1 Å². The first-order valence-corrected chi connectivity index (χ1v) is 7.38. The third-order valence-electron chi connectivity index (χ3n) is 3.67. The molecule has 0 atom stereocenters. The van der Waals surface area contributed by atoms with E-state index in [1.807, 2.05) is 36.4 Å². The highest BCUT2D eigenvalue weighted by Crippen LogP contribution is 2.11. The molecule has 2 aromatic heterocycles. The Kier molecular flexibility index (Phi) is 4.11. The summed E-state index contributed by atoms with van der Waals surface area (Å²) in [7, 11) is 0. The summed E-state index contributed by atoms with van der Waals surface area (Å²) in [5.74, 6) is 0.817. The zero-order valence-corrected chi connectivity index (χ0v) is 12.7. The van der Waals surface area contributed by atoms with E-state index in [1.54, 1.807) is 6.92 Å². The number of nitriles is 1. The largest absolute Gasteiger partial charge is 0.494 e. The first kappa shape index (κ1) is 14.9. The van der Waals surface area contributed by atoms with Crippen molar-refractivity contribution < 1.29 is 4.74 Å². The zero-order chi connectivity index (χ0) is 16.2. The van der Waals surface area contributed by atoms with Gasteiger partial charge < -0.3 is 4.74 Å². The fourth-order valence-corrected chi connectivity index (χ4v) is 2.48. The predicted molar refractivity (Wildman–Crippen MR) is 85.5 cm³/mol. The van der Waals surface area contributed by atoms with Gasteiger partial charge in [0.15, 0.2) is 5.65 Å². The molecule has 1 aromatic carbocycles. The van der Waals surface area contributed by atoms with Crippen molar-refractivity contribution in [1.29, 1.82) is 5.26 Å². The monoisotopic (exact) mass is 308 g/mol. The van der Waals surface area contributed by atoms with Crippen molar-refractivity contribution >= 4 is 5.65 Å². The van der Waals surface area contributed by atoms with E-state index in [0.717, 1.165) is 5.75 Å². The summed E-state index contributed by atoms with van der Waals surface area (Å²) in [6, 6.07) is 11.6. The van der Waals surface area contributed by atoms with Gasteiger partial charge in [-0.1, -0.05) is 18.2 Å². The minimum atomic E-state index is -0.159. The zero-order valence-electron chi connectivity index (χ0n) is 12.7. The highest BCUT2D eigenvalue weighted by Gasteiger charge is 2.13. The van der Waals surface area contributed by atoms with Gasteiger partial charge in [-0.05, 0) is 31.9 Å². The maximum absolute atomic E-state index is 12.5.